The Morgan fingerprint density at radius 2 is 1.25 bits per heavy atom. The Bertz CT molecular complexity index is 1650. The van der Waals surface area contributed by atoms with Crippen LogP contribution in [0.4, 0.5) is 15.1 Å². The third-order valence-electron chi connectivity index (χ3n) is 8.22. The normalized spacial score (nSPS) is 17.9. The molecular weight excluding hydrogens is 558 g/mol. The minimum absolute atomic E-state index is 0.0988. The van der Waals surface area contributed by atoms with Crippen LogP contribution in [-0.2, 0) is 10.8 Å². The van der Waals surface area contributed by atoms with E-state index in [4.69, 9.17) is 0 Å². The average molecular weight is 583 g/mol. The molecule has 0 saturated heterocycles. The second-order valence-corrected chi connectivity index (χ2v) is 14.0. The summed E-state index contributed by atoms with van der Waals surface area (Å²) >= 11 is -0.835. The third kappa shape index (κ3) is 2.69. The molecule has 36 heavy (non-hydrogen) atoms. The molecule has 4 heteroatoms. The van der Waals surface area contributed by atoms with Gasteiger partial charge in [0.15, 0.2) is 0 Å². The van der Waals surface area contributed by atoms with Crippen LogP contribution in [0.1, 0.15) is 74.2 Å². The summed E-state index contributed by atoms with van der Waals surface area (Å²) in [5.74, 6) is -0.299. The monoisotopic (exact) mass is 585 g/mol. The van der Waals surface area contributed by atoms with Crippen LogP contribution < -0.4 is 4.90 Å². The van der Waals surface area contributed by atoms with Crippen molar-refractivity contribution in [3.63, 3.8) is 0 Å². The number of ketones is 2. The first-order valence-electron chi connectivity index (χ1n) is 12.3. The van der Waals surface area contributed by atoms with Crippen LogP contribution in [0.3, 0.4) is 0 Å². The van der Waals surface area contributed by atoms with Gasteiger partial charge >= 0.3 is 221 Å². The van der Waals surface area contributed by atoms with E-state index in [0.717, 1.165) is 3.58 Å². The number of fused-ring (bicyclic) bond motifs is 5. The van der Waals surface area contributed by atoms with Crippen LogP contribution in [0.25, 0.3) is 6.08 Å². The number of para-hydroxylation sites is 2. The molecular formula is C32H25NO2Te. The molecule has 0 saturated carbocycles. The summed E-state index contributed by atoms with van der Waals surface area (Å²) < 4.78 is 2.51. The van der Waals surface area contributed by atoms with E-state index in [9.17, 15) is 9.59 Å². The van der Waals surface area contributed by atoms with Gasteiger partial charge in [-0.1, -0.05) is 0 Å². The molecule has 0 amide bonds. The first-order valence-corrected chi connectivity index (χ1v) is 14.6. The molecule has 176 valence electrons. The fourth-order valence-electron chi connectivity index (χ4n) is 6.24. The Morgan fingerprint density at radius 3 is 1.92 bits per heavy atom. The van der Waals surface area contributed by atoms with E-state index in [2.05, 4.69) is 81.1 Å². The summed E-state index contributed by atoms with van der Waals surface area (Å²) in [4.78, 5) is 28.7. The number of allylic oxidation sites excluding steroid dienone is 1. The van der Waals surface area contributed by atoms with Crippen molar-refractivity contribution >= 4 is 53.2 Å². The van der Waals surface area contributed by atoms with Crippen LogP contribution in [-0.4, -0.2) is 32.0 Å². The van der Waals surface area contributed by atoms with Gasteiger partial charge in [-0.2, -0.15) is 0 Å². The predicted octanol–water partition coefficient (Wildman–Crippen LogP) is 6.95. The van der Waals surface area contributed by atoms with E-state index in [1.54, 1.807) is 12.1 Å². The number of hydrogen-bond acceptors (Lipinski definition) is 3. The summed E-state index contributed by atoms with van der Waals surface area (Å²) in [5.41, 5.74) is 8.98. The van der Waals surface area contributed by atoms with Crippen molar-refractivity contribution in [1.82, 2.24) is 0 Å². The van der Waals surface area contributed by atoms with Crippen LogP contribution in [0.15, 0.2) is 78.4 Å². The first-order chi connectivity index (χ1) is 17.2. The van der Waals surface area contributed by atoms with Gasteiger partial charge in [-0.25, -0.2) is 0 Å². The van der Waals surface area contributed by atoms with Crippen molar-refractivity contribution in [3.05, 3.63) is 115 Å². The summed E-state index contributed by atoms with van der Waals surface area (Å²) in [6.07, 6.45) is 1.90. The third-order valence-corrected chi connectivity index (χ3v) is 11.3. The van der Waals surface area contributed by atoms with E-state index in [0.29, 0.717) is 16.7 Å². The topological polar surface area (TPSA) is 37.4 Å². The number of rotatable bonds is 1. The fourth-order valence-corrected chi connectivity index (χ4v) is 9.90. The van der Waals surface area contributed by atoms with E-state index in [1.165, 1.54) is 37.3 Å². The van der Waals surface area contributed by atoms with Crippen molar-refractivity contribution in [2.45, 2.75) is 38.5 Å². The molecule has 0 atom stereocenters. The maximum atomic E-state index is 13.1. The molecule has 3 aliphatic rings. The molecule has 1 aromatic heterocycles. The Morgan fingerprint density at radius 1 is 0.694 bits per heavy atom. The number of benzene rings is 3. The van der Waals surface area contributed by atoms with Gasteiger partial charge in [0.25, 0.3) is 0 Å². The van der Waals surface area contributed by atoms with Gasteiger partial charge in [-0.3, -0.25) is 0 Å². The molecule has 0 radical (unpaired) electrons. The number of hydrogen-bond donors (Lipinski definition) is 0. The molecule has 2 aliphatic heterocycles. The van der Waals surface area contributed by atoms with Gasteiger partial charge < -0.3 is 0 Å². The summed E-state index contributed by atoms with van der Waals surface area (Å²) in [6, 6.07) is 24.9. The second-order valence-electron chi connectivity index (χ2n) is 10.9. The zero-order valence-corrected chi connectivity index (χ0v) is 23.0. The Labute approximate surface area is 220 Å². The first kappa shape index (κ1) is 22.0. The minimum atomic E-state index is -0.835. The molecule has 3 aromatic carbocycles. The van der Waals surface area contributed by atoms with Gasteiger partial charge in [0, 0.05) is 0 Å². The molecule has 0 spiro atoms. The number of anilines is 3. The van der Waals surface area contributed by atoms with Crippen LogP contribution in [0.2, 0.25) is 0 Å². The standard InChI is InChI=1S/C32H25NO2Te/c1-31(2)22-12-7-8-15-26(22)33-27-23(31)13-9-14-24(27)32(3,4)25-17-18(36-30(25)33)16-21-28(34)19-10-5-6-11-20(19)29(21)35/h5-17H,1-4H3. The molecule has 3 heterocycles. The van der Waals surface area contributed by atoms with Crippen molar-refractivity contribution in [3.8, 4) is 0 Å². The number of carbonyl (C=O) groups excluding carboxylic acids is 2. The van der Waals surface area contributed by atoms with Gasteiger partial charge in [-0.05, 0) is 0 Å². The summed E-state index contributed by atoms with van der Waals surface area (Å²) in [7, 11) is 0. The molecule has 0 fully saturated rings. The van der Waals surface area contributed by atoms with Crippen molar-refractivity contribution < 1.29 is 9.59 Å². The number of Topliss-reactive ketones (excluding diaryl/α,β-unsaturated/α-hetero) is 2. The Hall–Kier alpha value is -3.19. The van der Waals surface area contributed by atoms with Gasteiger partial charge in [0.1, 0.15) is 0 Å². The summed E-state index contributed by atoms with van der Waals surface area (Å²) in [6.45, 7) is 9.27. The second kappa shape index (κ2) is 7.19. The Balaban J connectivity index is 1.46. The molecule has 0 N–H and O–H groups in total. The molecule has 4 aromatic rings. The predicted molar refractivity (Wildman–Crippen MR) is 145 cm³/mol. The number of nitrogens with zero attached hydrogens (tertiary/aromatic N) is 1. The van der Waals surface area contributed by atoms with Crippen LogP contribution in [0.5, 0.6) is 0 Å². The van der Waals surface area contributed by atoms with Gasteiger partial charge in [0.05, 0.1) is 0 Å². The van der Waals surface area contributed by atoms with Crippen molar-refractivity contribution in [2.24, 2.45) is 0 Å². The Kier molecular flexibility index (Phi) is 4.40. The van der Waals surface area contributed by atoms with E-state index in [1.807, 2.05) is 18.2 Å². The van der Waals surface area contributed by atoms with Gasteiger partial charge in [-0.15, -0.1) is 0 Å². The molecule has 0 bridgehead atoms. The van der Waals surface area contributed by atoms with Crippen LogP contribution >= 0.6 is 0 Å². The molecule has 1 aliphatic carbocycles. The molecule has 7 rings (SSSR count). The van der Waals surface area contributed by atoms with Crippen molar-refractivity contribution in [2.75, 3.05) is 4.90 Å². The maximum absolute atomic E-state index is 13.1. The van der Waals surface area contributed by atoms with E-state index < -0.39 is 20.4 Å². The fraction of sp³-hybridized carbons (Fsp3) is 0.188. The van der Waals surface area contributed by atoms with E-state index >= 15 is 0 Å². The number of carbonyl (C=O) groups is 2. The SMILES string of the molecule is CC1(C)c2ccccc2N2c3[te]c(C=C4C(=O)c5ccccc5C4=O)cc3C(C)(C)c3cccc1c32. The zero-order chi connectivity index (χ0) is 25.0. The molecule has 0 unspecified atom stereocenters. The van der Waals surface area contributed by atoms with Crippen LogP contribution in [0, 0.1) is 0 Å². The summed E-state index contributed by atoms with van der Waals surface area (Å²) in [5, 5.41) is 0. The average Bonchev–Trinajstić information content (AvgIpc) is 3.40. The zero-order valence-electron chi connectivity index (χ0n) is 20.7. The van der Waals surface area contributed by atoms with Crippen molar-refractivity contribution in [1.29, 1.82) is 0 Å². The molecule has 3 nitrogen and oxygen atoms in total. The van der Waals surface area contributed by atoms with E-state index in [-0.39, 0.29) is 22.4 Å². The van der Waals surface area contributed by atoms with Gasteiger partial charge in [0.2, 0.25) is 0 Å². The quantitative estimate of drug-likeness (QED) is 0.138.